The van der Waals surface area contributed by atoms with Gasteiger partial charge in [0.25, 0.3) is 0 Å². The zero-order chi connectivity index (χ0) is 14.4. The molecule has 106 valence electrons. The first-order valence-corrected chi connectivity index (χ1v) is 7.01. The van der Waals surface area contributed by atoms with Gasteiger partial charge in [-0.1, -0.05) is 24.3 Å². The molecule has 0 aliphatic carbocycles. The summed E-state index contributed by atoms with van der Waals surface area (Å²) in [6, 6.07) is 15.6. The molecule has 1 saturated heterocycles. The molecule has 2 aromatic rings. The number of hydrogen-bond donors (Lipinski definition) is 0. The summed E-state index contributed by atoms with van der Waals surface area (Å²) in [5, 5.41) is 1.88. The zero-order valence-corrected chi connectivity index (χ0v) is 11.7. The second-order valence-corrected chi connectivity index (χ2v) is 5.33. The van der Waals surface area contributed by atoms with Crippen LogP contribution in [0, 0.1) is 0 Å². The van der Waals surface area contributed by atoms with Gasteiger partial charge in [0.15, 0.2) is 11.9 Å². The summed E-state index contributed by atoms with van der Waals surface area (Å²) in [6.07, 6.45) is 0.312. The van der Waals surface area contributed by atoms with Crippen LogP contribution >= 0.6 is 0 Å². The second-order valence-electron chi connectivity index (χ2n) is 5.33. The van der Waals surface area contributed by atoms with E-state index in [1.54, 1.807) is 7.11 Å². The molecule has 1 fully saturated rings. The third kappa shape index (κ3) is 1.83. The van der Waals surface area contributed by atoms with Crippen LogP contribution in [-0.4, -0.2) is 19.0 Å². The zero-order valence-electron chi connectivity index (χ0n) is 11.7. The highest BCUT2D eigenvalue weighted by molar-refractivity contribution is 6.06. The van der Waals surface area contributed by atoms with Crippen LogP contribution in [0.4, 0.5) is 5.69 Å². The van der Waals surface area contributed by atoms with Crippen molar-refractivity contribution in [2.45, 2.75) is 18.6 Å². The number of methoxy groups -OCH3 is 1. The molecular formula is C17H15NO3. The van der Waals surface area contributed by atoms with E-state index >= 15 is 0 Å². The maximum atomic E-state index is 12.4. The average molecular weight is 281 g/mol. The Hall–Kier alpha value is -2.33. The Bertz CT molecular complexity index is 695. The predicted octanol–water partition coefficient (Wildman–Crippen LogP) is 3.14. The standard InChI is InChI=1S/C17H15NO3/c1-20-12-8-6-11(7-9-12)15-10-16-17(19)13-4-2-3-5-14(13)18(15)21-16/h2-9,15-16H,10H2,1H3/t15-,16-/m1/s1. The highest BCUT2D eigenvalue weighted by Crippen LogP contribution is 2.44. The smallest absolute Gasteiger partial charge is 0.196 e. The number of Topliss-reactive ketones (excluding diaryl/α,β-unsaturated/α-hetero) is 1. The van der Waals surface area contributed by atoms with Crippen molar-refractivity contribution in [2.75, 3.05) is 12.2 Å². The van der Waals surface area contributed by atoms with Gasteiger partial charge in [0.05, 0.1) is 18.8 Å². The Balaban J connectivity index is 1.75. The Morgan fingerprint density at radius 3 is 2.67 bits per heavy atom. The number of ketones is 1. The quantitative estimate of drug-likeness (QED) is 0.847. The van der Waals surface area contributed by atoms with E-state index in [-0.39, 0.29) is 17.9 Å². The van der Waals surface area contributed by atoms with Gasteiger partial charge in [0.2, 0.25) is 0 Å². The molecule has 0 N–H and O–H groups in total. The topological polar surface area (TPSA) is 38.8 Å². The molecule has 4 nitrogen and oxygen atoms in total. The van der Waals surface area contributed by atoms with Gasteiger partial charge in [-0.05, 0) is 29.8 Å². The van der Waals surface area contributed by atoms with Crippen molar-refractivity contribution in [3.05, 3.63) is 59.7 Å². The summed E-state index contributed by atoms with van der Waals surface area (Å²) < 4.78 is 5.19. The molecule has 4 heteroatoms. The lowest BCUT2D eigenvalue weighted by Crippen LogP contribution is -2.31. The number of nitrogens with zero attached hydrogens (tertiary/aromatic N) is 1. The number of hydroxylamine groups is 1. The Kier molecular flexibility index (Phi) is 2.72. The number of anilines is 1. The van der Waals surface area contributed by atoms with Crippen LogP contribution < -0.4 is 9.80 Å². The van der Waals surface area contributed by atoms with Crippen LogP contribution in [0.2, 0.25) is 0 Å². The van der Waals surface area contributed by atoms with Crippen molar-refractivity contribution >= 4 is 11.5 Å². The van der Waals surface area contributed by atoms with Gasteiger partial charge in [-0.15, -0.1) is 0 Å². The minimum Gasteiger partial charge on any atom is -0.497 e. The molecule has 4 rings (SSSR count). The van der Waals surface area contributed by atoms with Crippen LogP contribution in [0.1, 0.15) is 28.4 Å². The maximum Gasteiger partial charge on any atom is 0.196 e. The summed E-state index contributed by atoms with van der Waals surface area (Å²) in [5.41, 5.74) is 2.74. The fraction of sp³-hybridized carbons (Fsp3) is 0.235. The van der Waals surface area contributed by atoms with Crippen molar-refractivity contribution in [2.24, 2.45) is 0 Å². The van der Waals surface area contributed by atoms with E-state index in [0.29, 0.717) is 6.42 Å². The largest absolute Gasteiger partial charge is 0.497 e. The monoisotopic (exact) mass is 281 g/mol. The molecule has 0 unspecified atom stereocenters. The molecule has 0 saturated carbocycles. The maximum absolute atomic E-state index is 12.4. The van der Waals surface area contributed by atoms with Crippen molar-refractivity contribution in [1.29, 1.82) is 0 Å². The summed E-state index contributed by atoms with van der Waals surface area (Å²) in [7, 11) is 1.65. The Labute approximate surface area is 122 Å². The number of carbonyl (C=O) groups is 1. The fourth-order valence-electron chi connectivity index (χ4n) is 3.08. The number of hydrogen-bond acceptors (Lipinski definition) is 4. The second kappa shape index (κ2) is 4.60. The highest BCUT2D eigenvalue weighted by atomic mass is 16.7. The van der Waals surface area contributed by atoms with Gasteiger partial charge < -0.3 is 4.74 Å². The fourth-order valence-corrected chi connectivity index (χ4v) is 3.08. The number of benzene rings is 2. The summed E-state index contributed by atoms with van der Waals surface area (Å²) in [6.45, 7) is 0. The molecule has 2 aromatic carbocycles. The minimum atomic E-state index is -0.369. The first-order chi connectivity index (χ1) is 10.3. The highest BCUT2D eigenvalue weighted by Gasteiger charge is 2.44. The van der Waals surface area contributed by atoms with E-state index < -0.39 is 0 Å². The predicted molar refractivity (Wildman–Crippen MR) is 78.5 cm³/mol. The Morgan fingerprint density at radius 1 is 1.14 bits per heavy atom. The van der Waals surface area contributed by atoms with Gasteiger partial charge >= 0.3 is 0 Å². The number of para-hydroxylation sites is 1. The molecule has 0 spiro atoms. The first kappa shape index (κ1) is 12.4. The average Bonchev–Trinajstić information content (AvgIpc) is 2.95. The van der Waals surface area contributed by atoms with Crippen molar-refractivity contribution in [3.63, 3.8) is 0 Å². The molecule has 2 aliphatic heterocycles. The van der Waals surface area contributed by atoms with E-state index in [9.17, 15) is 4.79 Å². The van der Waals surface area contributed by atoms with E-state index in [4.69, 9.17) is 9.57 Å². The lowest BCUT2D eigenvalue weighted by Gasteiger charge is -2.29. The third-order valence-corrected chi connectivity index (χ3v) is 4.16. The normalized spacial score (nSPS) is 23.1. The van der Waals surface area contributed by atoms with Crippen molar-refractivity contribution < 1.29 is 14.4 Å². The molecule has 2 heterocycles. The van der Waals surface area contributed by atoms with Crippen molar-refractivity contribution in [1.82, 2.24) is 0 Å². The SMILES string of the molecule is COc1ccc([C@H]2C[C@H]3ON2c2ccccc2C3=O)cc1. The number of fused-ring (bicyclic) bond motifs is 4. The van der Waals surface area contributed by atoms with Crippen LogP contribution in [0.5, 0.6) is 5.75 Å². The van der Waals surface area contributed by atoms with Crippen LogP contribution in [-0.2, 0) is 4.84 Å². The molecule has 2 bridgehead atoms. The summed E-state index contributed by atoms with van der Waals surface area (Å²) in [4.78, 5) is 18.2. The lowest BCUT2D eigenvalue weighted by molar-refractivity contribution is 0.0503. The van der Waals surface area contributed by atoms with Crippen LogP contribution in [0.3, 0.4) is 0 Å². The minimum absolute atomic E-state index is 0.0634. The van der Waals surface area contributed by atoms with E-state index in [1.807, 2.05) is 53.6 Å². The summed E-state index contributed by atoms with van der Waals surface area (Å²) in [5.74, 6) is 0.907. The molecule has 0 amide bonds. The van der Waals surface area contributed by atoms with Crippen molar-refractivity contribution in [3.8, 4) is 5.75 Å². The molecule has 0 aromatic heterocycles. The van der Waals surface area contributed by atoms with Crippen LogP contribution in [0.25, 0.3) is 0 Å². The van der Waals surface area contributed by atoms with Crippen LogP contribution in [0.15, 0.2) is 48.5 Å². The number of carbonyl (C=O) groups excluding carboxylic acids is 1. The summed E-state index contributed by atoms with van der Waals surface area (Å²) >= 11 is 0. The van der Waals surface area contributed by atoms with Gasteiger partial charge in [-0.3, -0.25) is 9.63 Å². The molecular weight excluding hydrogens is 266 g/mol. The van der Waals surface area contributed by atoms with Gasteiger partial charge in [-0.2, -0.15) is 0 Å². The van der Waals surface area contributed by atoms with Gasteiger partial charge in [0.1, 0.15) is 5.75 Å². The molecule has 0 radical (unpaired) electrons. The van der Waals surface area contributed by atoms with E-state index in [0.717, 1.165) is 22.6 Å². The molecule has 2 atom stereocenters. The van der Waals surface area contributed by atoms with Gasteiger partial charge in [-0.25, -0.2) is 5.06 Å². The van der Waals surface area contributed by atoms with Gasteiger partial charge in [0, 0.05) is 12.0 Å². The first-order valence-electron chi connectivity index (χ1n) is 7.01. The van der Waals surface area contributed by atoms with E-state index in [2.05, 4.69) is 0 Å². The number of ether oxygens (including phenoxy) is 1. The molecule has 21 heavy (non-hydrogen) atoms. The van der Waals surface area contributed by atoms with E-state index in [1.165, 1.54) is 0 Å². The molecule has 2 aliphatic rings. The number of rotatable bonds is 2. The third-order valence-electron chi connectivity index (χ3n) is 4.16. The Morgan fingerprint density at radius 2 is 1.90 bits per heavy atom. The lowest BCUT2D eigenvalue weighted by atomic mass is 9.99.